The fraction of sp³-hybridized carbons (Fsp3) is 0.500. The molecule has 1 aliphatic heterocycles. The maximum Gasteiger partial charge on any atom is 0.411 e. The number of β-amino-alcohol motifs (C(OH)–C–C–N with tert-alkyl or cyclic N) is 1. The number of aryl methyl sites for hydroxylation is 1. The van der Waals surface area contributed by atoms with E-state index < -0.39 is 23.8 Å². The van der Waals surface area contributed by atoms with Gasteiger partial charge in [0.15, 0.2) is 0 Å². The molecule has 7 nitrogen and oxygen atoms in total. The van der Waals surface area contributed by atoms with Crippen LogP contribution in [0.15, 0.2) is 29.8 Å². The molecule has 0 bridgehead atoms. The Kier molecular flexibility index (Phi) is 6.47. The maximum atomic E-state index is 12.9. The van der Waals surface area contributed by atoms with Gasteiger partial charge >= 0.3 is 6.09 Å². The number of nitrogens with one attached hydrogen (secondary N) is 1. The molecule has 8 heteroatoms. The molecule has 1 saturated heterocycles. The second-order valence-corrected chi connectivity index (χ2v) is 9.51. The van der Waals surface area contributed by atoms with E-state index in [2.05, 4.69) is 10.3 Å². The number of nitrogens with zero attached hydrogens (tertiary/aromatic N) is 2. The van der Waals surface area contributed by atoms with Crippen molar-refractivity contribution >= 4 is 23.3 Å². The molecule has 0 aliphatic carbocycles. The maximum absolute atomic E-state index is 12.9. The number of aromatic nitrogens is 1. The Bertz CT molecular complexity index is 904. The van der Waals surface area contributed by atoms with E-state index in [0.29, 0.717) is 0 Å². The van der Waals surface area contributed by atoms with Gasteiger partial charge in [0.25, 0.3) is 0 Å². The van der Waals surface area contributed by atoms with Gasteiger partial charge < -0.3 is 15.2 Å². The summed E-state index contributed by atoms with van der Waals surface area (Å²) in [5.41, 5.74) is 4.20. The first-order valence-corrected chi connectivity index (χ1v) is 10.9. The van der Waals surface area contributed by atoms with E-state index in [1.165, 1.54) is 4.90 Å². The van der Waals surface area contributed by atoms with Gasteiger partial charge in [0.05, 0.1) is 34.8 Å². The number of aliphatic hydroxyl groups excluding tert-OH is 1. The lowest BCUT2D eigenvalue weighted by atomic mass is 10.0. The number of benzene rings is 1. The number of thiazole rings is 1. The van der Waals surface area contributed by atoms with Gasteiger partial charge in [-0.3, -0.25) is 9.69 Å². The van der Waals surface area contributed by atoms with Crippen molar-refractivity contribution in [2.45, 2.75) is 64.8 Å². The third-order valence-electron chi connectivity index (χ3n) is 4.99. The minimum atomic E-state index is -0.753. The molecule has 162 valence electrons. The predicted octanol–water partition coefficient (Wildman–Crippen LogP) is 3.67. The lowest BCUT2D eigenvalue weighted by molar-refractivity contribution is -0.126. The zero-order valence-corrected chi connectivity index (χ0v) is 18.8. The molecule has 2 amide bonds. The molecule has 30 heavy (non-hydrogen) atoms. The monoisotopic (exact) mass is 431 g/mol. The number of likely N-dealkylation sites (tertiary alicyclic amines) is 1. The molecule has 1 aliphatic rings. The molecule has 0 saturated carbocycles. The molecule has 2 heterocycles. The van der Waals surface area contributed by atoms with Crippen LogP contribution in [-0.2, 0) is 9.53 Å². The highest BCUT2D eigenvalue weighted by molar-refractivity contribution is 7.13. The molecule has 3 atom stereocenters. The summed E-state index contributed by atoms with van der Waals surface area (Å²) in [5.74, 6) is -0.299. The quantitative estimate of drug-likeness (QED) is 0.771. The zero-order valence-electron chi connectivity index (χ0n) is 18.0. The lowest BCUT2D eigenvalue weighted by Crippen LogP contribution is -2.48. The summed E-state index contributed by atoms with van der Waals surface area (Å²) in [6.07, 6.45) is -1.14. The first kappa shape index (κ1) is 22.2. The summed E-state index contributed by atoms with van der Waals surface area (Å²) in [6.45, 7) is 9.28. The molecule has 0 unspecified atom stereocenters. The van der Waals surface area contributed by atoms with Crippen LogP contribution in [0, 0.1) is 6.92 Å². The largest absolute Gasteiger partial charge is 0.444 e. The van der Waals surface area contributed by atoms with Crippen LogP contribution in [0.4, 0.5) is 4.79 Å². The van der Waals surface area contributed by atoms with Crippen molar-refractivity contribution < 1.29 is 19.4 Å². The van der Waals surface area contributed by atoms with Gasteiger partial charge in [-0.2, -0.15) is 0 Å². The minimum absolute atomic E-state index is 0.0876. The van der Waals surface area contributed by atoms with Gasteiger partial charge in [0.2, 0.25) is 5.91 Å². The molecular formula is C22H29N3O4S. The van der Waals surface area contributed by atoms with E-state index in [-0.39, 0.29) is 24.9 Å². The SMILES string of the molecule is Cc1ncsc1-c1ccc([C@H](C)NC(=O)[C@H]2C[C@@H](O)CN2C(=O)OC(C)(C)C)cc1. The molecule has 0 radical (unpaired) electrons. The molecule has 1 aromatic heterocycles. The van der Waals surface area contributed by atoms with Crippen molar-refractivity contribution in [2.75, 3.05) is 6.54 Å². The standard InChI is InChI=1S/C22H29N3O4S/c1-13(15-6-8-16(9-7-15)19-14(2)23-12-30-19)24-20(27)18-10-17(26)11-25(18)21(28)29-22(3,4)5/h6-9,12-13,17-18,26H,10-11H2,1-5H3,(H,24,27)/t13-,17+,18+/m0/s1. The molecule has 0 spiro atoms. The third-order valence-corrected chi connectivity index (χ3v) is 5.96. The summed E-state index contributed by atoms with van der Waals surface area (Å²) >= 11 is 1.60. The predicted molar refractivity (Wildman–Crippen MR) is 116 cm³/mol. The highest BCUT2D eigenvalue weighted by Gasteiger charge is 2.41. The Hall–Kier alpha value is -2.45. The van der Waals surface area contributed by atoms with Crippen LogP contribution in [0.25, 0.3) is 10.4 Å². The average molecular weight is 432 g/mol. The summed E-state index contributed by atoms with van der Waals surface area (Å²) in [4.78, 5) is 32.1. The smallest absolute Gasteiger partial charge is 0.411 e. The first-order chi connectivity index (χ1) is 14.0. The fourth-order valence-corrected chi connectivity index (χ4v) is 4.29. The summed E-state index contributed by atoms with van der Waals surface area (Å²) in [5, 5.41) is 13.0. The van der Waals surface area contributed by atoms with Gasteiger partial charge in [0, 0.05) is 6.42 Å². The van der Waals surface area contributed by atoms with Crippen molar-refractivity contribution in [1.29, 1.82) is 0 Å². The average Bonchev–Trinajstić information content (AvgIpc) is 3.26. The Labute approximate surface area is 181 Å². The minimum Gasteiger partial charge on any atom is -0.444 e. The second kappa shape index (κ2) is 8.73. The number of carbonyl (C=O) groups excluding carboxylic acids is 2. The van der Waals surface area contributed by atoms with E-state index >= 15 is 0 Å². The number of aliphatic hydroxyl groups is 1. The van der Waals surface area contributed by atoms with Crippen LogP contribution >= 0.6 is 11.3 Å². The van der Waals surface area contributed by atoms with Crippen molar-refractivity contribution in [3.63, 3.8) is 0 Å². The second-order valence-electron chi connectivity index (χ2n) is 8.66. The topological polar surface area (TPSA) is 91.8 Å². The Morgan fingerprint density at radius 1 is 1.30 bits per heavy atom. The van der Waals surface area contributed by atoms with Crippen LogP contribution < -0.4 is 5.32 Å². The van der Waals surface area contributed by atoms with Gasteiger partial charge in [0.1, 0.15) is 11.6 Å². The van der Waals surface area contributed by atoms with Crippen molar-refractivity contribution in [2.24, 2.45) is 0 Å². The summed E-state index contributed by atoms with van der Waals surface area (Å²) < 4.78 is 5.39. The van der Waals surface area contributed by atoms with Crippen LogP contribution in [0.5, 0.6) is 0 Å². The van der Waals surface area contributed by atoms with Crippen LogP contribution in [0.3, 0.4) is 0 Å². The van der Waals surface area contributed by atoms with Crippen LogP contribution in [0.1, 0.15) is 51.4 Å². The number of carbonyl (C=O) groups is 2. The van der Waals surface area contributed by atoms with Gasteiger partial charge in [-0.05, 0) is 45.7 Å². The highest BCUT2D eigenvalue weighted by atomic mass is 32.1. The lowest BCUT2D eigenvalue weighted by Gasteiger charge is -2.28. The van der Waals surface area contributed by atoms with Gasteiger partial charge in [-0.15, -0.1) is 11.3 Å². The van der Waals surface area contributed by atoms with Crippen LogP contribution in [-0.4, -0.2) is 51.3 Å². The number of hydrogen-bond acceptors (Lipinski definition) is 6. The van der Waals surface area contributed by atoms with E-state index in [1.807, 2.05) is 43.6 Å². The number of amides is 2. The van der Waals surface area contributed by atoms with E-state index in [0.717, 1.165) is 21.7 Å². The summed E-state index contributed by atoms with van der Waals surface area (Å²) in [7, 11) is 0. The highest BCUT2D eigenvalue weighted by Crippen LogP contribution is 2.28. The zero-order chi connectivity index (χ0) is 22.1. The molecular weight excluding hydrogens is 402 g/mol. The Morgan fingerprint density at radius 3 is 2.53 bits per heavy atom. The number of rotatable bonds is 4. The number of hydrogen-bond donors (Lipinski definition) is 2. The Balaban J connectivity index is 1.66. The molecule has 1 fully saturated rings. The van der Waals surface area contributed by atoms with Gasteiger partial charge in [-0.25, -0.2) is 9.78 Å². The van der Waals surface area contributed by atoms with Crippen LogP contribution in [0.2, 0.25) is 0 Å². The van der Waals surface area contributed by atoms with Gasteiger partial charge in [-0.1, -0.05) is 24.3 Å². The fourth-order valence-electron chi connectivity index (χ4n) is 3.48. The number of ether oxygens (including phenoxy) is 1. The van der Waals surface area contributed by atoms with E-state index in [1.54, 1.807) is 32.1 Å². The molecule has 2 aromatic rings. The third kappa shape index (κ3) is 5.17. The van der Waals surface area contributed by atoms with Crippen molar-refractivity contribution in [3.8, 4) is 10.4 Å². The van der Waals surface area contributed by atoms with Crippen molar-refractivity contribution in [1.82, 2.24) is 15.2 Å². The molecule has 2 N–H and O–H groups in total. The molecule has 1 aromatic carbocycles. The summed E-state index contributed by atoms with van der Waals surface area (Å²) in [6, 6.07) is 7.00. The van der Waals surface area contributed by atoms with E-state index in [4.69, 9.17) is 4.74 Å². The molecule has 3 rings (SSSR count). The normalized spacial score (nSPS) is 20.1. The first-order valence-electron chi connectivity index (χ1n) is 10.0. The Morgan fingerprint density at radius 2 is 1.97 bits per heavy atom. The van der Waals surface area contributed by atoms with E-state index in [9.17, 15) is 14.7 Å². The van der Waals surface area contributed by atoms with Crippen molar-refractivity contribution in [3.05, 3.63) is 41.0 Å².